The molecule has 4 rings (SSSR count). The number of hydrogen-bond acceptors (Lipinski definition) is 4. The summed E-state index contributed by atoms with van der Waals surface area (Å²) in [6.07, 6.45) is 1.74. The molecule has 2 aliphatic heterocycles. The predicted octanol–water partition coefficient (Wildman–Crippen LogP) is 2.04. The van der Waals surface area contributed by atoms with E-state index in [4.69, 9.17) is 0 Å². The molecule has 4 heteroatoms. The van der Waals surface area contributed by atoms with Crippen LogP contribution in [0.15, 0.2) is 48.7 Å². The first-order valence-electron chi connectivity index (χ1n) is 7.67. The Morgan fingerprint density at radius 3 is 2.33 bits per heavy atom. The molecule has 2 saturated heterocycles. The van der Waals surface area contributed by atoms with Crippen molar-refractivity contribution >= 4 is 5.82 Å². The molecule has 4 nitrogen and oxygen atoms in total. The summed E-state index contributed by atoms with van der Waals surface area (Å²) in [5.74, 6) is 2.58. The van der Waals surface area contributed by atoms with E-state index in [1.807, 2.05) is 6.07 Å². The maximum atomic E-state index is 4.24. The summed E-state index contributed by atoms with van der Waals surface area (Å²) in [4.78, 5) is 4.99. The third-order valence-corrected chi connectivity index (χ3v) is 4.69. The number of hydrogen-bond donors (Lipinski definition) is 0. The van der Waals surface area contributed by atoms with Crippen molar-refractivity contribution in [1.82, 2.24) is 15.1 Å². The fourth-order valence-electron chi connectivity index (χ4n) is 3.71. The van der Waals surface area contributed by atoms with Crippen molar-refractivity contribution in [2.24, 2.45) is 11.8 Å². The second-order valence-electron chi connectivity index (χ2n) is 6.19. The second-order valence-corrected chi connectivity index (χ2v) is 6.19. The first-order valence-corrected chi connectivity index (χ1v) is 7.67. The molecule has 2 aromatic rings. The number of nitrogens with zero attached hydrogens (tertiary/aromatic N) is 4. The van der Waals surface area contributed by atoms with E-state index in [0.29, 0.717) is 0 Å². The molecule has 2 atom stereocenters. The molecule has 108 valence electrons. The zero-order valence-electron chi connectivity index (χ0n) is 12.1. The molecule has 0 bridgehead atoms. The lowest BCUT2D eigenvalue weighted by molar-refractivity contribution is 0.309. The van der Waals surface area contributed by atoms with Crippen LogP contribution in [0.1, 0.15) is 5.56 Å². The molecule has 0 spiro atoms. The van der Waals surface area contributed by atoms with Gasteiger partial charge in [0.25, 0.3) is 0 Å². The lowest BCUT2D eigenvalue weighted by atomic mass is 10.0. The first-order chi connectivity index (χ1) is 10.4. The van der Waals surface area contributed by atoms with E-state index in [1.165, 1.54) is 18.7 Å². The van der Waals surface area contributed by atoms with Crippen molar-refractivity contribution in [3.05, 3.63) is 54.2 Å². The van der Waals surface area contributed by atoms with Gasteiger partial charge in [0.1, 0.15) is 0 Å². The van der Waals surface area contributed by atoms with Gasteiger partial charge in [-0.15, -0.1) is 5.10 Å². The van der Waals surface area contributed by atoms with Crippen molar-refractivity contribution in [3.8, 4) is 0 Å². The van der Waals surface area contributed by atoms with E-state index in [0.717, 1.165) is 37.3 Å². The first kappa shape index (κ1) is 12.8. The minimum Gasteiger partial charge on any atom is -0.354 e. The standard InChI is InChI=1S/C17H20N4/c1-2-5-14(6-3-1)9-20-10-15-12-21(13-16(15)11-20)17-7-4-8-18-19-17/h1-8,15-16H,9-13H2/t15-,16+. The maximum absolute atomic E-state index is 4.24. The largest absolute Gasteiger partial charge is 0.354 e. The highest BCUT2D eigenvalue weighted by Crippen LogP contribution is 2.33. The van der Waals surface area contributed by atoms with Crippen LogP contribution in [0.3, 0.4) is 0 Å². The number of likely N-dealkylation sites (tertiary alicyclic amines) is 1. The summed E-state index contributed by atoms with van der Waals surface area (Å²) in [5.41, 5.74) is 1.42. The number of fused-ring (bicyclic) bond motifs is 1. The predicted molar refractivity (Wildman–Crippen MR) is 82.9 cm³/mol. The maximum Gasteiger partial charge on any atom is 0.151 e. The van der Waals surface area contributed by atoms with Gasteiger partial charge >= 0.3 is 0 Å². The average Bonchev–Trinajstić information content (AvgIpc) is 3.07. The summed E-state index contributed by atoms with van der Waals surface area (Å²) in [5, 5.41) is 8.23. The monoisotopic (exact) mass is 280 g/mol. The number of benzene rings is 1. The Morgan fingerprint density at radius 2 is 1.67 bits per heavy atom. The Kier molecular flexibility index (Phi) is 3.31. The zero-order valence-corrected chi connectivity index (χ0v) is 12.1. The molecule has 2 fully saturated rings. The van der Waals surface area contributed by atoms with Crippen LogP contribution in [0, 0.1) is 11.8 Å². The van der Waals surface area contributed by atoms with Gasteiger partial charge in [0, 0.05) is 38.9 Å². The molecule has 21 heavy (non-hydrogen) atoms. The molecule has 0 aliphatic carbocycles. The summed E-state index contributed by atoms with van der Waals surface area (Å²) < 4.78 is 0. The molecule has 1 aromatic carbocycles. The van der Waals surface area contributed by atoms with Gasteiger partial charge in [-0.1, -0.05) is 30.3 Å². The van der Waals surface area contributed by atoms with Gasteiger partial charge in [-0.3, -0.25) is 4.90 Å². The zero-order chi connectivity index (χ0) is 14.1. The van der Waals surface area contributed by atoms with Crippen LogP contribution in [0.25, 0.3) is 0 Å². The molecule has 1 aromatic heterocycles. The number of rotatable bonds is 3. The lowest BCUT2D eigenvalue weighted by Gasteiger charge is -2.21. The van der Waals surface area contributed by atoms with Crippen LogP contribution in [0.4, 0.5) is 5.82 Å². The molecule has 0 amide bonds. The Bertz CT molecular complexity index is 572. The Hall–Kier alpha value is -1.94. The van der Waals surface area contributed by atoms with Gasteiger partial charge in [0.2, 0.25) is 0 Å². The topological polar surface area (TPSA) is 32.3 Å². The summed E-state index contributed by atoms with van der Waals surface area (Å²) in [7, 11) is 0. The van der Waals surface area contributed by atoms with Crippen molar-refractivity contribution in [1.29, 1.82) is 0 Å². The van der Waals surface area contributed by atoms with Crippen LogP contribution in [-0.2, 0) is 6.54 Å². The van der Waals surface area contributed by atoms with Gasteiger partial charge in [0.05, 0.1) is 0 Å². The molecular weight excluding hydrogens is 260 g/mol. The van der Waals surface area contributed by atoms with Gasteiger partial charge in [-0.2, -0.15) is 5.10 Å². The van der Waals surface area contributed by atoms with E-state index in [1.54, 1.807) is 6.20 Å². The lowest BCUT2D eigenvalue weighted by Crippen LogP contribution is -2.29. The van der Waals surface area contributed by atoms with Crippen LogP contribution in [0.2, 0.25) is 0 Å². The molecule has 2 aliphatic rings. The van der Waals surface area contributed by atoms with Crippen molar-refractivity contribution in [2.45, 2.75) is 6.54 Å². The van der Waals surface area contributed by atoms with Gasteiger partial charge in [-0.05, 0) is 29.5 Å². The normalized spacial score (nSPS) is 25.2. The molecule has 0 N–H and O–H groups in total. The summed E-state index contributed by atoms with van der Waals surface area (Å²) in [6, 6.07) is 14.8. The highest BCUT2D eigenvalue weighted by atomic mass is 15.3. The summed E-state index contributed by atoms with van der Waals surface area (Å²) >= 11 is 0. The van der Waals surface area contributed by atoms with E-state index in [2.05, 4.69) is 56.4 Å². The molecule has 0 saturated carbocycles. The van der Waals surface area contributed by atoms with Crippen LogP contribution in [-0.4, -0.2) is 41.3 Å². The van der Waals surface area contributed by atoms with Crippen molar-refractivity contribution < 1.29 is 0 Å². The van der Waals surface area contributed by atoms with E-state index in [9.17, 15) is 0 Å². The SMILES string of the molecule is c1ccc(CN2C[C@@H]3CN(c4cccnn4)C[C@@H]3C2)cc1. The molecule has 3 heterocycles. The fourth-order valence-corrected chi connectivity index (χ4v) is 3.71. The fraction of sp³-hybridized carbons (Fsp3) is 0.412. The van der Waals surface area contributed by atoms with Crippen LogP contribution in [0.5, 0.6) is 0 Å². The van der Waals surface area contributed by atoms with Gasteiger partial charge in [-0.25, -0.2) is 0 Å². The third kappa shape index (κ3) is 2.63. The quantitative estimate of drug-likeness (QED) is 0.861. The minimum absolute atomic E-state index is 0.774. The summed E-state index contributed by atoms with van der Waals surface area (Å²) in [6.45, 7) is 5.73. The van der Waals surface area contributed by atoms with Gasteiger partial charge < -0.3 is 4.90 Å². The van der Waals surface area contributed by atoms with E-state index in [-0.39, 0.29) is 0 Å². The second kappa shape index (κ2) is 5.45. The smallest absolute Gasteiger partial charge is 0.151 e. The van der Waals surface area contributed by atoms with Crippen LogP contribution >= 0.6 is 0 Å². The number of aromatic nitrogens is 2. The highest BCUT2D eigenvalue weighted by molar-refractivity contribution is 5.38. The van der Waals surface area contributed by atoms with Crippen LogP contribution < -0.4 is 4.90 Å². The Morgan fingerprint density at radius 1 is 0.905 bits per heavy atom. The number of anilines is 1. The Labute approximate surface area is 125 Å². The van der Waals surface area contributed by atoms with Crippen molar-refractivity contribution in [3.63, 3.8) is 0 Å². The van der Waals surface area contributed by atoms with E-state index < -0.39 is 0 Å². The third-order valence-electron chi connectivity index (χ3n) is 4.69. The highest BCUT2D eigenvalue weighted by Gasteiger charge is 2.40. The van der Waals surface area contributed by atoms with Gasteiger partial charge in [0.15, 0.2) is 5.82 Å². The molecule has 0 unspecified atom stereocenters. The van der Waals surface area contributed by atoms with E-state index >= 15 is 0 Å². The minimum atomic E-state index is 0.774. The Balaban J connectivity index is 1.37. The van der Waals surface area contributed by atoms with Crippen molar-refractivity contribution in [2.75, 3.05) is 31.1 Å². The molecular formula is C17H20N4. The average molecular weight is 280 g/mol. The molecule has 0 radical (unpaired) electrons.